The minimum atomic E-state index is 0.463. The van der Waals surface area contributed by atoms with Crippen molar-refractivity contribution in [3.8, 4) is 0 Å². The minimum Gasteiger partial charge on any atom is -0.374 e. The van der Waals surface area contributed by atoms with Gasteiger partial charge < -0.3 is 11.1 Å². The molecule has 6 heteroatoms. The molecule has 0 atom stereocenters. The van der Waals surface area contributed by atoms with Crippen LogP contribution in [-0.4, -0.2) is 10.2 Å². The van der Waals surface area contributed by atoms with Gasteiger partial charge >= 0.3 is 0 Å². The van der Waals surface area contributed by atoms with E-state index in [0.29, 0.717) is 10.3 Å². The first-order chi connectivity index (χ1) is 6.74. The van der Waals surface area contributed by atoms with Gasteiger partial charge in [-0.3, -0.25) is 0 Å². The van der Waals surface area contributed by atoms with E-state index in [1.807, 2.05) is 24.3 Å². The molecule has 0 bridgehead atoms. The van der Waals surface area contributed by atoms with Gasteiger partial charge in [-0.05, 0) is 24.3 Å². The fourth-order valence-corrected chi connectivity index (χ4v) is 1.74. The number of nitrogens with one attached hydrogen (secondary N) is 1. The Kier molecular flexibility index (Phi) is 2.64. The van der Waals surface area contributed by atoms with Crippen molar-refractivity contribution < 1.29 is 0 Å². The number of hydrogen-bond donors (Lipinski definition) is 2. The molecule has 1 aromatic carbocycles. The maximum atomic E-state index is 5.45. The van der Waals surface area contributed by atoms with Crippen LogP contribution in [0.5, 0.6) is 0 Å². The first-order valence-corrected chi connectivity index (χ1v) is 5.46. The molecule has 0 radical (unpaired) electrons. The van der Waals surface area contributed by atoms with Crippen LogP contribution in [-0.2, 0) is 0 Å². The Labute approximate surface area is 93.3 Å². The Morgan fingerprint density at radius 3 is 2.50 bits per heavy atom. The second-order valence-corrected chi connectivity index (χ2v) is 4.50. The Morgan fingerprint density at radius 2 is 1.93 bits per heavy atom. The monoisotopic (exact) mass is 270 g/mol. The summed E-state index contributed by atoms with van der Waals surface area (Å²) in [6, 6.07) is 7.79. The lowest BCUT2D eigenvalue weighted by molar-refractivity contribution is 1.10. The van der Waals surface area contributed by atoms with Gasteiger partial charge in [-0.15, -0.1) is 10.2 Å². The van der Waals surface area contributed by atoms with Crippen molar-refractivity contribution in [3.63, 3.8) is 0 Å². The van der Waals surface area contributed by atoms with Gasteiger partial charge in [-0.25, -0.2) is 0 Å². The highest BCUT2D eigenvalue weighted by molar-refractivity contribution is 9.10. The van der Waals surface area contributed by atoms with E-state index in [2.05, 4.69) is 31.4 Å². The first kappa shape index (κ1) is 9.42. The van der Waals surface area contributed by atoms with Crippen LogP contribution in [0.1, 0.15) is 0 Å². The van der Waals surface area contributed by atoms with E-state index in [-0.39, 0.29) is 0 Å². The standard InChI is InChI=1S/C8H7BrN4S/c9-5-1-3-6(4-2-5)11-8-13-12-7(10)14-8/h1-4H,(H2,10,12)(H,11,13). The van der Waals surface area contributed by atoms with Crippen LogP contribution in [0.15, 0.2) is 28.7 Å². The second kappa shape index (κ2) is 3.93. The molecule has 0 saturated heterocycles. The third-order valence-corrected chi connectivity index (χ3v) is 2.73. The average molecular weight is 271 g/mol. The minimum absolute atomic E-state index is 0.463. The van der Waals surface area contributed by atoms with Crippen molar-refractivity contribution in [2.45, 2.75) is 0 Å². The Balaban J connectivity index is 2.15. The van der Waals surface area contributed by atoms with E-state index in [9.17, 15) is 0 Å². The van der Waals surface area contributed by atoms with Crippen LogP contribution in [0.25, 0.3) is 0 Å². The Morgan fingerprint density at radius 1 is 1.21 bits per heavy atom. The van der Waals surface area contributed by atoms with Crippen LogP contribution >= 0.6 is 27.3 Å². The molecule has 0 aliphatic rings. The summed E-state index contributed by atoms with van der Waals surface area (Å²) >= 11 is 4.68. The quantitative estimate of drug-likeness (QED) is 0.881. The maximum Gasteiger partial charge on any atom is 0.211 e. The van der Waals surface area contributed by atoms with Crippen molar-refractivity contribution >= 4 is 43.2 Å². The molecule has 0 aliphatic heterocycles. The van der Waals surface area contributed by atoms with Gasteiger partial charge in [-0.1, -0.05) is 27.3 Å². The zero-order valence-corrected chi connectivity index (χ0v) is 9.47. The van der Waals surface area contributed by atoms with Crippen LogP contribution in [0.4, 0.5) is 16.0 Å². The average Bonchev–Trinajstić information content (AvgIpc) is 2.56. The molecule has 0 spiro atoms. The van der Waals surface area contributed by atoms with Crippen LogP contribution in [0.2, 0.25) is 0 Å². The highest BCUT2D eigenvalue weighted by Gasteiger charge is 2.00. The zero-order chi connectivity index (χ0) is 9.97. The number of nitrogens with two attached hydrogens (primary N) is 1. The first-order valence-electron chi connectivity index (χ1n) is 3.85. The number of hydrogen-bond acceptors (Lipinski definition) is 5. The van der Waals surface area contributed by atoms with E-state index < -0.39 is 0 Å². The molecule has 0 fully saturated rings. The van der Waals surface area contributed by atoms with Crippen molar-refractivity contribution in [2.75, 3.05) is 11.1 Å². The highest BCUT2D eigenvalue weighted by atomic mass is 79.9. The molecule has 1 aromatic heterocycles. The Bertz CT molecular complexity index is 425. The molecule has 3 N–H and O–H groups in total. The number of anilines is 3. The topological polar surface area (TPSA) is 63.8 Å². The number of halogens is 1. The van der Waals surface area contributed by atoms with Gasteiger partial charge in [0, 0.05) is 10.2 Å². The lowest BCUT2D eigenvalue weighted by atomic mass is 10.3. The largest absolute Gasteiger partial charge is 0.374 e. The van der Waals surface area contributed by atoms with E-state index in [1.165, 1.54) is 11.3 Å². The normalized spacial score (nSPS) is 10.1. The molecule has 0 aliphatic carbocycles. The van der Waals surface area contributed by atoms with Gasteiger partial charge in [0.15, 0.2) is 0 Å². The molecule has 1 heterocycles. The van der Waals surface area contributed by atoms with E-state index in [1.54, 1.807) is 0 Å². The summed E-state index contributed by atoms with van der Waals surface area (Å²) < 4.78 is 1.04. The third-order valence-electron chi connectivity index (χ3n) is 1.54. The number of nitrogen functional groups attached to an aromatic ring is 1. The molecule has 0 unspecified atom stereocenters. The predicted octanol–water partition coefficient (Wildman–Crippen LogP) is 2.63. The lowest BCUT2D eigenvalue weighted by Gasteiger charge is -2.00. The van der Waals surface area contributed by atoms with Gasteiger partial charge in [0.05, 0.1) is 0 Å². The van der Waals surface area contributed by atoms with Crippen LogP contribution in [0, 0.1) is 0 Å². The summed E-state index contributed by atoms with van der Waals surface area (Å²) in [6.45, 7) is 0. The van der Waals surface area contributed by atoms with Crippen molar-refractivity contribution in [2.24, 2.45) is 0 Å². The fourth-order valence-electron chi connectivity index (χ4n) is 0.942. The number of benzene rings is 1. The van der Waals surface area contributed by atoms with Gasteiger partial charge in [0.25, 0.3) is 0 Å². The second-order valence-electron chi connectivity index (χ2n) is 2.58. The van der Waals surface area contributed by atoms with E-state index in [0.717, 1.165) is 10.2 Å². The molecule has 14 heavy (non-hydrogen) atoms. The molecule has 0 saturated carbocycles. The number of nitrogens with zero attached hydrogens (tertiary/aromatic N) is 2. The van der Waals surface area contributed by atoms with E-state index in [4.69, 9.17) is 5.73 Å². The smallest absolute Gasteiger partial charge is 0.211 e. The van der Waals surface area contributed by atoms with Gasteiger partial charge in [-0.2, -0.15) is 0 Å². The highest BCUT2D eigenvalue weighted by Crippen LogP contribution is 2.22. The van der Waals surface area contributed by atoms with Crippen molar-refractivity contribution in [3.05, 3.63) is 28.7 Å². The molecule has 72 valence electrons. The van der Waals surface area contributed by atoms with Gasteiger partial charge in [0.2, 0.25) is 10.3 Å². The van der Waals surface area contributed by atoms with Gasteiger partial charge in [0.1, 0.15) is 0 Å². The van der Waals surface area contributed by atoms with E-state index >= 15 is 0 Å². The Hall–Kier alpha value is -1.14. The fraction of sp³-hybridized carbons (Fsp3) is 0. The van der Waals surface area contributed by atoms with Crippen molar-refractivity contribution in [1.82, 2.24) is 10.2 Å². The lowest BCUT2D eigenvalue weighted by Crippen LogP contribution is -1.88. The summed E-state index contributed by atoms with van der Waals surface area (Å²) in [7, 11) is 0. The third kappa shape index (κ3) is 2.21. The molecular formula is C8H7BrN4S. The summed E-state index contributed by atoms with van der Waals surface area (Å²) in [6.07, 6.45) is 0. The summed E-state index contributed by atoms with van der Waals surface area (Å²) in [4.78, 5) is 0. The van der Waals surface area contributed by atoms with Crippen LogP contribution < -0.4 is 11.1 Å². The molecule has 2 rings (SSSR count). The zero-order valence-electron chi connectivity index (χ0n) is 7.07. The molecular weight excluding hydrogens is 264 g/mol. The summed E-state index contributed by atoms with van der Waals surface area (Å²) in [5.41, 5.74) is 6.42. The predicted molar refractivity (Wildman–Crippen MR) is 61.7 cm³/mol. The molecule has 0 amide bonds. The maximum absolute atomic E-state index is 5.45. The molecule has 4 nitrogen and oxygen atoms in total. The molecule has 2 aromatic rings. The summed E-state index contributed by atoms with van der Waals surface area (Å²) in [5, 5.41) is 11.8. The number of rotatable bonds is 2. The van der Waals surface area contributed by atoms with Crippen LogP contribution in [0.3, 0.4) is 0 Å². The summed E-state index contributed by atoms with van der Waals surface area (Å²) in [5.74, 6) is 0. The van der Waals surface area contributed by atoms with Crippen molar-refractivity contribution in [1.29, 1.82) is 0 Å². The number of aromatic nitrogens is 2. The SMILES string of the molecule is Nc1nnc(Nc2ccc(Br)cc2)s1.